The maximum Gasteiger partial charge on any atom is 0.339 e. The van der Waals surface area contributed by atoms with E-state index in [2.05, 4.69) is 20.5 Å². The second-order valence-corrected chi connectivity index (χ2v) is 7.94. The highest BCUT2D eigenvalue weighted by Crippen LogP contribution is 2.19. The number of hydrogen-bond donors (Lipinski definition) is 2. The van der Waals surface area contributed by atoms with E-state index in [-0.39, 0.29) is 10.6 Å². The number of para-hydroxylation sites is 2. The third-order valence-corrected chi connectivity index (χ3v) is 5.43. The summed E-state index contributed by atoms with van der Waals surface area (Å²) < 4.78 is 29.9. The van der Waals surface area contributed by atoms with Gasteiger partial charge in [0.1, 0.15) is 10.6 Å². The van der Waals surface area contributed by atoms with Gasteiger partial charge in [0.25, 0.3) is 0 Å². The first kappa shape index (κ1) is 18.7. The Morgan fingerprint density at radius 1 is 1.00 bits per heavy atom. The summed E-state index contributed by atoms with van der Waals surface area (Å²) in [5, 5.41) is 4.14. The van der Waals surface area contributed by atoms with Crippen molar-refractivity contribution in [3.8, 4) is 5.75 Å². The number of imidazole rings is 1. The van der Waals surface area contributed by atoms with Gasteiger partial charge in [0.2, 0.25) is 5.95 Å². The van der Waals surface area contributed by atoms with Crippen LogP contribution in [0.5, 0.6) is 5.75 Å². The smallest absolute Gasteiger partial charge is 0.339 e. The number of nitrogens with one attached hydrogen (secondary N) is 2. The van der Waals surface area contributed by atoms with Crippen molar-refractivity contribution >= 4 is 33.3 Å². The zero-order chi connectivity index (χ0) is 20.3. The Hall–Kier alpha value is -3.65. The molecule has 0 spiro atoms. The predicted octanol–water partition coefficient (Wildman–Crippen LogP) is 4.09. The second kappa shape index (κ2) is 7.76. The molecule has 0 saturated heterocycles. The Kier molecular flexibility index (Phi) is 5.01. The number of aromatic nitrogens is 2. The molecule has 0 aliphatic carbocycles. The molecule has 0 unspecified atom stereocenters. The van der Waals surface area contributed by atoms with Gasteiger partial charge in [-0.15, -0.1) is 0 Å². The van der Waals surface area contributed by atoms with E-state index >= 15 is 0 Å². The van der Waals surface area contributed by atoms with E-state index in [9.17, 15) is 8.42 Å². The molecule has 2 N–H and O–H groups in total. The van der Waals surface area contributed by atoms with E-state index < -0.39 is 10.1 Å². The lowest BCUT2D eigenvalue weighted by atomic mass is 10.2. The Bertz CT molecular complexity index is 1230. The molecule has 4 aromatic rings. The number of aryl methyl sites for hydroxylation is 1. The predicted molar refractivity (Wildman–Crippen MR) is 113 cm³/mol. The van der Waals surface area contributed by atoms with Crippen molar-refractivity contribution in [2.24, 2.45) is 5.10 Å². The van der Waals surface area contributed by atoms with Crippen LogP contribution >= 0.6 is 0 Å². The Labute approximate surface area is 168 Å². The minimum Gasteiger partial charge on any atom is -0.379 e. The zero-order valence-electron chi connectivity index (χ0n) is 15.5. The fourth-order valence-corrected chi connectivity index (χ4v) is 3.59. The molecular formula is C21H18N4O3S. The lowest BCUT2D eigenvalue weighted by molar-refractivity contribution is 0.486. The molecule has 0 atom stereocenters. The number of nitrogens with zero attached hydrogens (tertiary/aromatic N) is 2. The van der Waals surface area contributed by atoms with Crippen molar-refractivity contribution in [2.45, 2.75) is 11.8 Å². The molecule has 4 rings (SSSR count). The number of H-pyrrole nitrogens is 1. The van der Waals surface area contributed by atoms with Gasteiger partial charge in [-0.2, -0.15) is 13.5 Å². The van der Waals surface area contributed by atoms with Crippen LogP contribution in [0.15, 0.2) is 82.8 Å². The number of rotatable bonds is 6. The van der Waals surface area contributed by atoms with Gasteiger partial charge < -0.3 is 9.17 Å². The van der Waals surface area contributed by atoms with Crippen LogP contribution in [0.4, 0.5) is 5.95 Å². The van der Waals surface area contributed by atoms with Crippen LogP contribution in [0, 0.1) is 6.92 Å². The van der Waals surface area contributed by atoms with Crippen LogP contribution in [-0.4, -0.2) is 24.6 Å². The highest BCUT2D eigenvalue weighted by Gasteiger charge is 2.16. The monoisotopic (exact) mass is 406 g/mol. The van der Waals surface area contributed by atoms with Crippen LogP contribution < -0.4 is 9.61 Å². The summed E-state index contributed by atoms with van der Waals surface area (Å²) in [4.78, 5) is 7.59. The largest absolute Gasteiger partial charge is 0.379 e. The van der Waals surface area contributed by atoms with Gasteiger partial charge in [0.05, 0.1) is 17.2 Å². The zero-order valence-corrected chi connectivity index (χ0v) is 16.3. The average Bonchev–Trinajstić information content (AvgIpc) is 3.12. The number of benzene rings is 3. The summed E-state index contributed by atoms with van der Waals surface area (Å²) in [6.07, 6.45) is 1.60. The molecule has 1 aromatic heterocycles. The minimum absolute atomic E-state index is 0.115. The van der Waals surface area contributed by atoms with Gasteiger partial charge >= 0.3 is 10.1 Å². The van der Waals surface area contributed by atoms with E-state index in [1.54, 1.807) is 42.6 Å². The summed E-state index contributed by atoms with van der Waals surface area (Å²) in [7, 11) is -3.87. The van der Waals surface area contributed by atoms with Gasteiger partial charge in [-0.05, 0) is 61.0 Å². The number of hydrogen-bond acceptors (Lipinski definition) is 6. The quantitative estimate of drug-likeness (QED) is 0.286. The molecule has 29 heavy (non-hydrogen) atoms. The van der Waals surface area contributed by atoms with Crippen molar-refractivity contribution in [3.63, 3.8) is 0 Å². The summed E-state index contributed by atoms with van der Waals surface area (Å²) in [6.45, 7) is 1.89. The van der Waals surface area contributed by atoms with Crippen molar-refractivity contribution in [2.75, 3.05) is 5.43 Å². The van der Waals surface area contributed by atoms with E-state index in [1.807, 2.05) is 31.2 Å². The van der Waals surface area contributed by atoms with E-state index in [0.717, 1.165) is 22.2 Å². The van der Waals surface area contributed by atoms with Gasteiger partial charge in [0.15, 0.2) is 0 Å². The molecule has 0 aliphatic rings. The molecule has 0 radical (unpaired) electrons. The molecule has 0 saturated carbocycles. The van der Waals surface area contributed by atoms with Gasteiger partial charge in [-0.1, -0.05) is 29.8 Å². The maximum atomic E-state index is 12.3. The van der Waals surface area contributed by atoms with Gasteiger partial charge in [-0.3, -0.25) is 0 Å². The SMILES string of the molecule is Cc1ccc(S(=O)(=O)Oc2ccc(/C=N\Nc3nc4ccccc4[nH]3)cc2)cc1. The lowest BCUT2D eigenvalue weighted by Crippen LogP contribution is -2.09. The molecule has 0 fully saturated rings. The third kappa shape index (κ3) is 4.44. The summed E-state index contributed by atoms with van der Waals surface area (Å²) in [5.41, 5.74) is 6.35. The van der Waals surface area contributed by atoms with Crippen molar-refractivity contribution in [1.82, 2.24) is 9.97 Å². The molecule has 0 bridgehead atoms. The maximum absolute atomic E-state index is 12.3. The van der Waals surface area contributed by atoms with E-state index in [1.165, 1.54) is 12.1 Å². The second-order valence-electron chi connectivity index (χ2n) is 6.39. The van der Waals surface area contributed by atoms with Crippen LogP contribution in [0.25, 0.3) is 11.0 Å². The Morgan fingerprint density at radius 2 is 1.72 bits per heavy atom. The number of aromatic amines is 1. The number of hydrazone groups is 1. The molecule has 8 heteroatoms. The Morgan fingerprint density at radius 3 is 2.45 bits per heavy atom. The molecule has 0 aliphatic heterocycles. The van der Waals surface area contributed by atoms with Crippen LogP contribution in [0.3, 0.4) is 0 Å². The highest BCUT2D eigenvalue weighted by molar-refractivity contribution is 7.87. The fraction of sp³-hybridized carbons (Fsp3) is 0.0476. The molecule has 7 nitrogen and oxygen atoms in total. The van der Waals surface area contributed by atoms with Gasteiger partial charge in [-0.25, -0.2) is 10.4 Å². The first-order valence-corrected chi connectivity index (χ1v) is 10.3. The first-order chi connectivity index (χ1) is 14.0. The van der Waals surface area contributed by atoms with Crippen LogP contribution in [-0.2, 0) is 10.1 Å². The molecule has 0 amide bonds. The van der Waals surface area contributed by atoms with Crippen molar-refractivity contribution in [3.05, 3.63) is 83.9 Å². The Balaban J connectivity index is 1.40. The third-order valence-electron chi connectivity index (χ3n) is 4.17. The van der Waals surface area contributed by atoms with Crippen molar-refractivity contribution < 1.29 is 12.6 Å². The number of anilines is 1. The summed E-state index contributed by atoms with van der Waals surface area (Å²) >= 11 is 0. The standard InChI is InChI=1S/C21H18N4O3S/c1-15-6-12-18(13-7-15)29(26,27)28-17-10-8-16(9-11-17)14-22-25-21-23-19-4-2-3-5-20(19)24-21/h2-14H,1H3,(H2,23,24,25)/b22-14-. The normalized spacial score (nSPS) is 11.8. The van der Waals surface area contributed by atoms with Crippen LogP contribution in [0.2, 0.25) is 0 Å². The topological polar surface area (TPSA) is 96.4 Å². The molecule has 3 aromatic carbocycles. The molecule has 1 heterocycles. The summed E-state index contributed by atoms with van der Waals surface area (Å²) in [5.74, 6) is 0.763. The molecular weight excluding hydrogens is 388 g/mol. The molecule has 146 valence electrons. The first-order valence-electron chi connectivity index (χ1n) is 8.85. The van der Waals surface area contributed by atoms with E-state index in [4.69, 9.17) is 4.18 Å². The lowest BCUT2D eigenvalue weighted by Gasteiger charge is -2.07. The van der Waals surface area contributed by atoms with E-state index in [0.29, 0.717) is 5.95 Å². The minimum atomic E-state index is -3.87. The van der Waals surface area contributed by atoms with Crippen molar-refractivity contribution in [1.29, 1.82) is 0 Å². The fourth-order valence-electron chi connectivity index (χ4n) is 2.66. The van der Waals surface area contributed by atoms with Gasteiger partial charge in [0, 0.05) is 0 Å². The number of fused-ring (bicyclic) bond motifs is 1. The van der Waals surface area contributed by atoms with Crippen LogP contribution in [0.1, 0.15) is 11.1 Å². The summed E-state index contributed by atoms with van der Waals surface area (Å²) in [6, 6.07) is 20.8. The average molecular weight is 406 g/mol. The highest BCUT2D eigenvalue weighted by atomic mass is 32.2.